The van der Waals surface area contributed by atoms with Gasteiger partial charge in [0.2, 0.25) is 0 Å². The minimum absolute atomic E-state index is 0.0316. The third-order valence-corrected chi connectivity index (χ3v) is 5.82. The van der Waals surface area contributed by atoms with Crippen molar-refractivity contribution >= 4 is 33.1 Å². The topological polar surface area (TPSA) is 88.8 Å². The average molecular weight is 429 g/mol. The van der Waals surface area contributed by atoms with Crippen LogP contribution in [-0.4, -0.2) is 51.8 Å². The SMILES string of the molecule is CCN(CC)CCOC(=O)c1cc(S(C)(=O)=O)c(Cl)cc1NCc1ccco1. The van der Waals surface area contributed by atoms with Crippen molar-refractivity contribution in [2.45, 2.75) is 25.3 Å². The fourth-order valence-corrected chi connectivity index (χ4v) is 3.96. The van der Waals surface area contributed by atoms with Gasteiger partial charge >= 0.3 is 5.97 Å². The number of nitrogens with zero attached hydrogens (tertiary/aromatic N) is 1. The molecule has 0 unspecified atom stereocenters. The van der Waals surface area contributed by atoms with Crippen LogP contribution in [0, 0.1) is 0 Å². The minimum atomic E-state index is -3.60. The molecule has 0 aliphatic heterocycles. The Balaban J connectivity index is 2.25. The fourth-order valence-electron chi connectivity index (χ4n) is 2.63. The highest BCUT2D eigenvalue weighted by molar-refractivity contribution is 7.90. The average Bonchev–Trinajstić information content (AvgIpc) is 3.16. The lowest BCUT2D eigenvalue weighted by Gasteiger charge is -2.18. The Morgan fingerprint density at radius 3 is 2.57 bits per heavy atom. The Labute approximate surface area is 170 Å². The van der Waals surface area contributed by atoms with Gasteiger partial charge in [-0.3, -0.25) is 0 Å². The van der Waals surface area contributed by atoms with Gasteiger partial charge in [0.15, 0.2) is 9.84 Å². The van der Waals surface area contributed by atoms with Gasteiger partial charge < -0.3 is 19.4 Å². The second-order valence-electron chi connectivity index (χ2n) is 6.20. The maximum atomic E-state index is 12.6. The summed E-state index contributed by atoms with van der Waals surface area (Å²) in [4.78, 5) is 14.6. The van der Waals surface area contributed by atoms with E-state index in [0.29, 0.717) is 24.5 Å². The highest BCUT2D eigenvalue weighted by Crippen LogP contribution is 2.30. The molecule has 1 heterocycles. The predicted octanol–water partition coefficient (Wildman–Crippen LogP) is 3.45. The number of furan rings is 1. The molecular formula is C19H25ClN2O5S. The van der Waals surface area contributed by atoms with E-state index in [2.05, 4.69) is 10.2 Å². The lowest BCUT2D eigenvalue weighted by atomic mass is 10.1. The van der Waals surface area contributed by atoms with Crippen LogP contribution in [0.3, 0.4) is 0 Å². The van der Waals surface area contributed by atoms with E-state index in [9.17, 15) is 13.2 Å². The second-order valence-corrected chi connectivity index (χ2v) is 8.59. The summed E-state index contributed by atoms with van der Waals surface area (Å²) in [5, 5.41) is 3.08. The fraction of sp³-hybridized carbons (Fsp3) is 0.421. The summed E-state index contributed by atoms with van der Waals surface area (Å²) >= 11 is 6.13. The van der Waals surface area contributed by atoms with Crippen molar-refractivity contribution in [3.63, 3.8) is 0 Å². The van der Waals surface area contributed by atoms with Crippen LogP contribution < -0.4 is 5.32 Å². The zero-order valence-electron chi connectivity index (χ0n) is 16.2. The van der Waals surface area contributed by atoms with Crippen LogP contribution in [0.25, 0.3) is 0 Å². The Hall–Kier alpha value is -2.03. The summed E-state index contributed by atoms with van der Waals surface area (Å²) in [6.45, 7) is 6.86. The quantitative estimate of drug-likeness (QED) is 0.579. The van der Waals surface area contributed by atoms with Gasteiger partial charge in [-0.25, -0.2) is 13.2 Å². The van der Waals surface area contributed by atoms with Gasteiger partial charge in [-0.15, -0.1) is 0 Å². The number of esters is 1. The molecule has 1 aromatic carbocycles. The molecule has 0 radical (unpaired) electrons. The summed E-state index contributed by atoms with van der Waals surface area (Å²) < 4.78 is 34.6. The van der Waals surface area contributed by atoms with Crippen molar-refractivity contribution in [2.24, 2.45) is 0 Å². The maximum absolute atomic E-state index is 12.6. The first kappa shape index (κ1) is 22.3. The Kier molecular flexibility index (Phi) is 7.91. The summed E-state index contributed by atoms with van der Waals surface area (Å²) in [5.41, 5.74) is 0.484. The van der Waals surface area contributed by atoms with E-state index in [0.717, 1.165) is 19.3 Å². The van der Waals surface area contributed by atoms with E-state index in [-0.39, 0.29) is 22.1 Å². The summed E-state index contributed by atoms with van der Waals surface area (Å²) in [6.07, 6.45) is 2.58. The number of likely N-dealkylation sites (N-methyl/N-ethyl adjacent to an activating group) is 1. The molecule has 1 aromatic heterocycles. The molecule has 0 bridgehead atoms. The lowest BCUT2D eigenvalue weighted by molar-refractivity contribution is 0.0467. The van der Waals surface area contributed by atoms with Gasteiger partial charge in [0.05, 0.1) is 34.0 Å². The largest absolute Gasteiger partial charge is 0.467 e. The number of ether oxygens (including phenoxy) is 1. The number of benzene rings is 1. The third kappa shape index (κ3) is 5.98. The van der Waals surface area contributed by atoms with Crippen molar-refractivity contribution in [2.75, 3.05) is 37.8 Å². The molecule has 0 aliphatic carbocycles. The summed E-state index contributed by atoms with van der Waals surface area (Å²) in [5.74, 6) is 0.0415. The van der Waals surface area contributed by atoms with Crippen LogP contribution in [0.1, 0.15) is 30.0 Å². The number of halogens is 1. The van der Waals surface area contributed by atoms with Crippen LogP contribution in [0.4, 0.5) is 5.69 Å². The molecular weight excluding hydrogens is 404 g/mol. The Morgan fingerprint density at radius 2 is 2.00 bits per heavy atom. The number of carbonyl (C=O) groups excluding carboxylic acids is 1. The van der Waals surface area contributed by atoms with Gasteiger partial charge in [0, 0.05) is 12.8 Å². The molecule has 28 heavy (non-hydrogen) atoms. The number of rotatable bonds is 10. The zero-order valence-corrected chi connectivity index (χ0v) is 17.8. The first-order valence-electron chi connectivity index (χ1n) is 8.95. The van der Waals surface area contributed by atoms with Crippen LogP contribution in [0.5, 0.6) is 0 Å². The zero-order chi connectivity index (χ0) is 20.7. The number of nitrogens with one attached hydrogen (secondary N) is 1. The van der Waals surface area contributed by atoms with Crippen molar-refractivity contribution < 1.29 is 22.4 Å². The number of hydrogen-bond acceptors (Lipinski definition) is 7. The number of hydrogen-bond donors (Lipinski definition) is 1. The minimum Gasteiger partial charge on any atom is -0.467 e. The molecule has 9 heteroatoms. The first-order chi connectivity index (χ1) is 13.3. The van der Waals surface area contributed by atoms with Gasteiger partial charge in [-0.1, -0.05) is 25.4 Å². The first-order valence-corrected chi connectivity index (χ1v) is 11.2. The monoisotopic (exact) mass is 428 g/mol. The van der Waals surface area contributed by atoms with Crippen molar-refractivity contribution in [3.05, 3.63) is 46.9 Å². The molecule has 154 valence electrons. The van der Waals surface area contributed by atoms with Crippen molar-refractivity contribution in [1.82, 2.24) is 4.90 Å². The van der Waals surface area contributed by atoms with E-state index in [1.54, 1.807) is 18.4 Å². The second kappa shape index (κ2) is 9.95. The molecule has 1 N–H and O–H groups in total. The van der Waals surface area contributed by atoms with E-state index in [1.807, 2.05) is 13.8 Å². The normalized spacial score (nSPS) is 11.6. The molecule has 2 aromatic rings. The maximum Gasteiger partial charge on any atom is 0.340 e. The lowest BCUT2D eigenvalue weighted by Crippen LogP contribution is -2.28. The van der Waals surface area contributed by atoms with Crippen LogP contribution in [0.15, 0.2) is 39.8 Å². The molecule has 0 atom stereocenters. The van der Waals surface area contributed by atoms with E-state index in [4.69, 9.17) is 20.8 Å². The molecule has 0 saturated heterocycles. The van der Waals surface area contributed by atoms with Crippen LogP contribution >= 0.6 is 11.6 Å². The summed E-state index contributed by atoms with van der Waals surface area (Å²) in [6, 6.07) is 6.20. The Morgan fingerprint density at radius 1 is 1.29 bits per heavy atom. The van der Waals surface area contributed by atoms with Crippen molar-refractivity contribution in [1.29, 1.82) is 0 Å². The molecule has 0 aliphatic rings. The number of anilines is 1. The van der Waals surface area contributed by atoms with E-state index in [1.165, 1.54) is 12.1 Å². The van der Waals surface area contributed by atoms with Gasteiger partial charge in [0.1, 0.15) is 12.4 Å². The summed E-state index contributed by atoms with van der Waals surface area (Å²) in [7, 11) is -3.60. The van der Waals surface area contributed by atoms with E-state index < -0.39 is 15.8 Å². The van der Waals surface area contributed by atoms with E-state index >= 15 is 0 Å². The van der Waals surface area contributed by atoms with Gasteiger partial charge in [0.25, 0.3) is 0 Å². The standard InChI is InChI=1S/C19H25ClN2O5S/c1-4-22(5-2)8-10-27-19(23)15-11-18(28(3,24)25)16(20)12-17(15)21-13-14-7-6-9-26-14/h6-7,9,11-12,21H,4-5,8,10,13H2,1-3H3. The molecule has 7 nitrogen and oxygen atoms in total. The molecule has 0 fully saturated rings. The molecule has 0 spiro atoms. The predicted molar refractivity (Wildman–Crippen MR) is 109 cm³/mol. The third-order valence-electron chi connectivity index (χ3n) is 4.26. The van der Waals surface area contributed by atoms with Crippen molar-refractivity contribution in [3.8, 4) is 0 Å². The molecule has 0 saturated carbocycles. The smallest absolute Gasteiger partial charge is 0.340 e. The molecule has 0 amide bonds. The molecule has 2 rings (SSSR count). The highest BCUT2D eigenvalue weighted by atomic mass is 35.5. The van der Waals surface area contributed by atoms with Gasteiger partial charge in [-0.05, 0) is 37.4 Å². The van der Waals surface area contributed by atoms with Crippen LogP contribution in [-0.2, 0) is 21.1 Å². The van der Waals surface area contributed by atoms with Gasteiger partial charge in [-0.2, -0.15) is 0 Å². The number of sulfone groups is 1. The van der Waals surface area contributed by atoms with Crippen LogP contribution in [0.2, 0.25) is 5.02 Å². The number of carbonyl (C=O) groups is 1. The Bertz CT molecular complexity index is 893. The highest BCUT2D eigenvalue weighted by Gasteiger charge is 2.21.